The number of hydrogen-bond donors (Lipinski definition) is 0. The van der Waals surface area contributed by atoms with Gasteiger partial charge in [-0.05, 0) is 50.6 Å². The van der Waals surface area contributed by atoms with Crippen LogP contribution >= 0.6 is 0 Å². The molecule has 2 aromatic heterocycles. The van der Waals surface area contributed by atoms with E-state index in [1.54, 1.807) is 6.20 Å². The molecule has 4 rings (SSSR count). The molecule has 5 nitrogen and oxygen atoms in total. The van der Waals surface area contributed by atoms with Crippen LogP contribution < -0.4 is 0 Å². The summed E-state index contributed by atoms with van der Waals surface area (Å²) < 4.78 is 18.0. The van der Waals surface area contributed by atoms with Gasteiger partial charge in [-0.3, -0.25) is 9.88 Å². The second kappa shape index (κ2) is 7.28. The summed E-state index contributed by atoms with van der Waals surface area (Å²) in [7, 11) is 0. The predicted molar refractivity (Wildman–Crippen MR) is 94.1 cm³/mol. The first-order valence-electron chi connectivity index (χ1n) is 9.14. The molecule has 5 heteroatoms. The molecule has 0 saturated carbocycles. The Balaban J connectivity index is 1.31. The Kier molecular flexibility index (Phi) is 4.88. The number of furan rings is 1. The van der Waals surface area contributed by atoms with Gasteiger partial charge in [0.2, 0.25) is 0 Å². The highest BCUT2D eigenvalue weighted by atomic mass is 16.6. The molecule has 2 atom stereocenters. The lowest BCUT2D eigenvalue weighted by atomic mass is 9.89. The lowest BCUT2D eigenvalue weighted by molar-refractivity contribution is -0.0559. The number of aromatic nitrogens is 1. The van der Waals surface area contributed by atoms with Crippen LogP contribution in [0.1, 0.15) is 36.5 Å². The van der Waals surface area contributed by atoms with Gasteiger partial charge in [-0.2, -0.15) is 0 Å². The van der Waals surface area contributed by atoms with Crippen LogP contribution in [0.5, 0.6) is 0 Å². The molecule has 2 saturated heterocycles. The molecule has 134 valence electrons. The first-order chi connectivity index (χ1) is 12.2. The van der Waals surface area contributed by atoms with Crippen LogP contribution in [0.3, 0.4) is 0 Å². The summed E-state index contributed by atoms with van der Waals surface area (Å²) >= 11 is 0. The van der Waals surface area contributed by atoms with E-state index in [2.05, 4.69) is 16.0 Å². The van der Waals surface area contributed by atoms with Gasteiger partial charge in [0.25, 0.3) is 0 Å². The molecule has 2 fully saturated rings. The van der Waals surface area contributed by atoms with Gasteiger partial charge < -0.3 is 13.9 Å². The highest BCUT2D eigenvalue weighted by molar-refractivity contribution is 5.06. The monoisotopic (exact) mass is 342 g/mol. The van der Waals surface area contributed by atoms with E-state index < -0.39 is 0 Å². The fraction of sp³-hybridized carbons (Fsp3) is 0.550. The molecule has 0 N–H and O–H groups in total. The fourth-order valence-corrected chi connectivity index (χ4v) is 4.00. The highest BCUT2D eigenvalue weighted by Crippen LogP contribution is 2.36. The molecule has 1 spiro atoms. The molecule has 0 radical (unpaired) electrons. The van der Waals surface area contributed by atoms with Crippen molar-refractivity contribution in [3.8, 4) is 0 Å². The molecular formula is C20H26N2O3. The molecule has 0 aromatic carbocycles. The largest absolute Gasteiger partial charge is 0.465 e. The molecule has 25 heavy (non-hydrogen) atoms. The van der Waals surface area contributed by atoms with Crippen molar-refractivity contribution in [1.82, 2.24) is 9.88 Å². The molecule has 2 aliphatic heterocycles. The maximum absolute atomic E-state index is 6.24. The minimum atomic E-state index is -0.0608. The van der Waals surface area contributed by atoms with E-state index in [0.717, 1.165) is 56.1 Å². The molecule has 2 aliphatic rings. The third-order valence-electron chi connectivity index (χ3n) is 5.16. The summed E-state index contributed by atoms with van der Waals surface area (Å²) in [6, 6.07) is 10.0. The Morgan fingerprint density at radius 1 is 1.32 bits per heavy atom. The Hall–Kier alpha value is -1.69. The van der Waals surface area contributed by atoms with Crippen molar-refractivity contribution in [3.05, 3.63) is 53.7 Å². The van der Waals surface area contributed by atoms with Gasteiger partial charge in [-0.1, -0.05) is 6.07 Å². The zero-order valence-electron chi connectivity index (χ0n) is 14.8. The van der Waals surface area contributed by atoms with E-state index in [4.69, 9.17) is 13.9 Å². The van der Waals surface area contributed by atoms with Crippen LogP contribution in [0.15, 0.2) is 40.9 Å². The Bertz CT molecular complexity index is 687. The van der Waals surface area contributed by atoms with Crippen LogP contribution in [-0.4, -0.2) is 41.3 Å². The quantitative estimate of drug-likeness (QED) is 0.834. The first kappa shape index (κ1) is 16.8. The zero-order chi connectivity index (χ0) is 17.1. The van der Waals surface area contributed by atoms with Crippen molar-refractivity contribution in [2.24, 2.45) is 0 Å². The van der Waals surface area contributed by atoms with E-state index in [1.165, 1.54) is 0 Å². The van der Waals surface area contributed by atoms with E-state index in [0.29, 0.717) is 13.2 Å². The summed E-state index contributed by atoms with van der Waals surface area (Å²) in [5.74, 6) is 2.01. The Morgan fingerprint density at radius 3 is 3.08 bits per heavy atom. The predicted octanol–water partition coefficient (Wildman–Crippen LogP) is 3.32. The number of piperidine rings is 1. The van der Waals surface area contributed by atoms with Crippen LogP contribution in [0.2, 0.25) is 0 Å². The summed E-state index contributed by atoms with van der Waals surface area (Å²) in [4.78, 5) is 6.77. The molecule has 0 aliphatic carbocycles. The standard InChI is InChI=1S/C20H26N2O3/c1-16-6-7-18(25-16)12-22-10-4-8-20(15-22)11-19(14-24-20)23-13-17-5-2-3-9-21-17/h2-3,5-7,9,19H,4,8,10-15H2,1H3/t19-,20-/m0/s1. The average molecular weight is 342 g/mol. The minimum Gasteiger partial charge on any atom is -0.465 e. The maximum atomic E-state index is 6.24. The molecule has 2 aromatic rings. The lowest BCUT2D eigenvalue weighted by Gasteiger charge is -2.39. The normalized spacial score (nSPS) is 27.2. The van der Waals surface area contributed by atoms with Gasteiger partial charge in [-0.25, -0.2) is 0 Å². The topological polar surface area (TPSA) is 47.7 Å². The number of likely N-dealkylation sites (tertiary alicyclic amines) is 1. The van der Waals surface area contributed by atoms with Crippen LogP contribution in [0.4, 0.5) is 0 Å². The minimum absolute atomic E-state index is 0.0608. The summed E-state index contributed by atoms with van der Waals surface area (Å²) in [5.41, 5.74) is 0.913. The average Bonchev–Trinajstić information content (AvgIpc) is 3.20. The van der Waals surface area contributed by atoms with Crippen molar-refractivity contribution in [1.29, 1.82) is 0 Å². The molecule has 4 heterocycles. The SMILES string of the molecule is Cc1ccc(CN2CCC[C@]3(C[C@H](OCc4ccccn4)CO3)C2)o1. The Morgan fingerprint density at radius 2 is 2.28 bits per heavy atom. The number of ether oxygens (including phenoxy) is 2. The van der Waals surface area contributed by atoms with Gasteiger partial charge in [0.05, 0.1) is 37.2 Å². The van der Waals surface area contributed by atoms with Gasteiger partial charge in [0.15, 0.2) is 0 Å². The van der Waals surface area contributed by atoms with Gasteiger partial charge in [0.1, 0.15) is 11.5 Å². The lowest BCUT2D eigenvalue weighted by Crippen LogP contribution is -2.47. The number of rotatable bonds is 5. The van der Waals surface area contributed by atoms with Crippen molar-refractivity contribution in [2.45, 2.75) is 51.0 Å². The number of nitrogens with zero attached hydrogens (tertiary/aromatic N) is 2. The Labute approximate surface area is 148 Å². The van der Waals surface area contributed by atoms with E-state index in [1.807, 2.05) is 31.2 Å². The highest BCUT2D eigenvalue weighted by Gasteiger charge is 2.44. The van der Waals surface area contributed by atoms with Crippen molar-refractivity contribution in [2.75, 3.05) is 19.7 Å². The zero-order valence-corrected chi connectivity index (χ0v) is 14.8. The molecular weight excluding hydrogens is 316 g/mol. The van der Waals surface area contributed by atoms with Crippen LogP contribution in [-0.2, 0) is 22.6 Å². The van der Waals surface area contributed by atoms with Gasteiger partial charge >= 0.3 is 0 Å². The van der Waals surface area contributed by atoms with Crippen molar-refractivity contribution in [3.63, 3.8) is 0 Å². The van der Waals surface area contributed by atoms with Gasteiger partial charge in [0, 0.05) is 19.2 Å². The molecule has 0 bridgehead atoms. The van der Waals surface area contributed by atoms with E-state index in [-0.39, 0.29) is 11.7 Å². The smallest absolute Gasteiger partial charge is 0.118 e. The van der Waals surface area contributed by atoms with Crippen LogP contribution in [0.25, 0.3) is 0 Å². The second-order valence-corrected chi connectivity index (χ2v) is 7.28. The second-order valence-electron chi connectivity index (χ2n) is 7.28. The number of aryl methyl sites for hydroxylation is 1. The number of hydrogen-bond acceptors (Lipinski definition) is 5. The first-order valence-corrected chi connectivity index (χ1v) is 9.14. The number of pyridine rings is 1. The van der Waals surface area contributed by atoms with Crippen molar-refractivity contribution >= 4 is 0 Å². The van der Waals surface area contributed by atoms with Crippen molar-refractivity contribution < 1.29 is 13.9 Å². The van der Waals surface area contributed by atoms with E-state index >= 15 is 0 Å². The fourth-order valence-electron chi connectivity index (χ4n) is 4.00. The third-order valence-corrected chi connectivity index (χ3v) is 5.16. The third kappa shape index (κ3) is 4.11. The summed E-state index contributed by atoms with van der Waals surface area (Å²) in [6.07, 6.45) is 5.21. The molecule has 0 unspecified atom stereocenters. The summed E-state index contributed by atoms with van der Waals surface area (Å²) in [6.45, 7) is 6.14. The van der Waals surface area contributed by atoms with Crippen LogP contribution in [0, 0.1) is 6.92 Å². The molecule has 0 amide bonds. The van der Waals surface area contributed by atoms with E-state index in [9.17, 15) is 0 Å². The summed E-state index contributed by atoms with van der Waals surface area (Å²) in [5, 5.41) is 0. The maximum Gasteiger partial charge on any atom is 0.118 e. The van der Waals surface area contributed by atoms with Gasteiger partial charge in [-0.15, -0.1) is 0 Å².